The van der Waals surface area contributed by atoms with Crippen molar-refractivity contribution >= 4 is 28.9 Å². The molecule has 0 bridgehead atoms. The van der Waals surface area contributed by atoms with Crippen molar-refractivity contribution in [3.8, 4) is 0 Å². The van der Waals surface area contributed by atoms with Crippen molar-refractivity contribution in [3.05, 3.63) is 58.6 Å². The predicted octanol–water partition coefficient (Wildman–Crippen LogP) is 3.48. The first-order chi connectivity index (χ1) is 8.58. The summed E-state index contributed by atoms with van der Waals surface area (Å²) < 4.78 is 0. The number of halogens is 1. The van der Waals surface area contributed by atoms with Gasteiger partial charge in [0.2, 0.25) is 0 Å². The number of nitrogens with one attached hydrogen (secondary N) is 1. The van der Waals surface area contributed by atoms with Crippen molar-refractivity contribution in [3.63, 3.8) is 0 Å². The van der Waals surface area contributed by atoms with E-state index in [2.05, 4.69) is 5.32 Å². The van der Waals surface area contributed by atoms with Gasteiger partial charge in [-0.25, -0.2) is 0 Å². The molecule has 0 saturated carbocycles. The largest absolute Gasteiger partial charge is 0.398 e. The van der Waals surface area contributed by atoms with Crippen molar-refractivity contribution < 1.29 is 4.79 Å². The van der Waals surface area contributed by atoms with Crippen LogP contribution in [0.1, 0.15) is 15.9 Å². The van der Waals surface area contributed by atoms with Gasteiger partial charge in [-0.05, 0) is 42.8 Å². The summed E-state index contributed by atoms with van der Waals surface area (Å²) in [6.07, 6.45) is 0. The average Bonchev–Trinajstić information content (AvgIpc) is 2.32. The summed E-state index contributed by atoms with van der Waals surface area (Å²) in [6.45, 7) is 1.85. The highest BCUT2D eigenvalue weighted by Crippen LogP contribution is 2.19. The van der Waals surface area contributed by atoms with Gasteiger partial charge in [-0.3, -0.25) is 4.79 Å². The maximum Gasteiger partial charge on any atom is 0.258 e. The number of hydrogen-bond donors (Lipinski definition) is 2. The first-order valence-electron chi connectivity index (χ1n) is 5.50. The second-order valence-corrected chi connectivity index (χ2v) is 4.44. The molecule has 0 aliphatic carbocycles. The van der Waals surface area contributed by atoms with E-state index in [1.54, 1.807) is 30.3 Å². The Balaban J connectivity index is 2.25. The number of nitrogens with two attached hydrogens (primary N) is 1. The molecule has 1 amide bonds. The maximum absolute atomic E-state index is 12.1. The molecule has 0 radical (unpaired) electrons. The molecule has 2 aromatic rings. The first-order valence-corrected chi connectivity index (χ1v) is 5.88. The highest BCUT2D eigenvalue weighted by Gasteiger charge is 2.12. The number of nitrogen functional groups attached to an aromatic ring is 1. The lowest BCUT2D eigenvalue weighted by atomic mass is 10.1. The van der Waals surface area contributed by atoms with Gasteiger partial charge >= 0.3 is 0 Å². The number of benzene rings is 2. The number of hydrogen-bond acceptors (Lipinski definition) is 2. The van der Waals surface area contributed by atoms with E-state index in [1.165, 1.54) is 0 Å². The Morgan fingerprint density at radius 1 is 1.17 bits per heavy atom. The van der Waals surface area contributed by atoms with Gasteiger partial charge in [0.05, 0.1) is 5.56 Å². The highest BCUT2D eigenvalue weighted by molar-refractivity contribution is 6.30. The molecule has 3 nitrogen and oxygen atoms in total. The van der Waals surface area contributed by atoms with Crippen molar-refractivity contribution in [2.45, 2.75) is 6.92 Å². The number of amides is 1. The molecule has 0 aliphatic heterocycles. The van der Waals surface area contributed by atoms with Crippen molar-refractivity contribution in [2.24, 2.45) is 0 Å². The summed E-state index contributed by atoms with van der Waals surface area (Å²) in [7, 11) is 0. The molecule has 3 N–H and O–H groups in total. The Kier molecular flexibility index (Phi) is 3.53. The maximum atomic E-state index is 12.1. The summed E-state index contributed by atoms with van der Waals surface area (Å²) in [5.74, 6) is -0.215. The molecule has 4 heteroatoms. The number of carbonyl (C=O) groups is 1. The standard InChI is InChI=1S/C14H13ClN2O/c1-9-3-2-4-12(16)13(9)14(18)17-11-7-5-10(15)6-8-11/h2-8H,16H2,1H3,(H,17,18). The van der Waals surface area contributed by atoms with Crippen LogP contribution in [0.2, 0.25) is 5.02 Å². The molecular formula is C14H13ClN2O. The molecule has 0 saturated heterocycles. The van der Waals surface area contributed by atoms with Gasteiger partial charge in [0.1, 0.15) is 0 Å². The van der Waals surface area contributed by atoms with Gasteiger partial charge in [0.25, 0.3) is 5.91 Å². The summed E-state index contributed by atoms with van der Waals surface area (Å²) >= 11 is 5.78. The quantitative estimate of drug-likeness (QED) is 0.812. The van der Waals surface area contributed by atoms with Gasteiger partial charge in [0.15, 0.2) is 0 Å². The second kappa shape index (κ2) is 5.10. The van der Waals surface area contributed by atoms with Crippen LogP contribution < -0.4 is 11.1 Å². The van der Waals surface area contributed by atoms with Gasteiger partial charge in [-0.15, -0.1) is 0 Å². The van der Waals surface area contributed by atoms with E-state index in [4.69, 9.17) is 17.3 Å². The third-order valence-electron chi connectivity index (χ3n) is 2.63. The molecule has 18 heavy (non-hydrogen) atoms. The van der Waals surface area contributed by atoms with Crippen LogP contribution in [0.3, 0.4) is 0 Å². The fourth-order valence-electron chi connectivity index (χ4n) is 1.73. The van der Waals surface area contributed by atoms with E-state index in [0.29, 0.717) is 22.0 Å². The minimum Gasteiger partial charge on any atom is -0.398 e. The molecule has 0 atom stereocenters. The fourth-order valence-corrected chi connectivity index (χ4v) is 1.85. The van der Waals surface area contributed by atoms with Crippen LogP contribution in [0.15, 0.2) is 42.5 Å². The van der Waals surface area contributed by atoms with E-state index in [1.807, 2.05) is 19.1 Å². The van der Waals surface area contributed by atoms with E-state index in [-0.39, 0.29) is 5.91 Å². The zero-order chi connectivity index (χ0) is 13.1. The third-order valence-corrected chi connectivity index (χ3v) is 2.89. The lowest BCUT2D eigenvalue weighted by Crippen LogP contribution is -2.15. The Morgan fingerprint density at radius 2 is 1.83 bits per heavy atom. The molecule has 0 heterocycles. The molecule has 0 fully saturated rings. The second-order valence-electron chi connectivity index (χ2n) is 4.00. The number of aryl methyl sites for hydroxylation is 1. The Morgan fingerprint density at radius 3 is 2.44 bits per heavy atom. The summed E-state index contributed by atoms with van der Waals surface area (Å²) in [4.78, 5) is 12.1. The van der Waals surface area contributed by atoms with Gasteiger partial charge in [-0.2, -0.15) is 0 Å². The highest BCUT2D eigenvalue weighted by atomic mass is 35.5. The fraction of sp³-hybridized carbons (Fsp3) is 0.0714. The molecule has 0 spiro atoms. The third kappa shape index (κ3) is 2.63. The SMILES string of the molecule is Cc1cccc(N)c1C(=O)Nc1ccc(Cl)cc1. The predicted molar refractivity (Wildman–Crippen MR) is 75.0 cm³/mol. The average molecular weight is 261 g/mol. The Bertz CT molecular complexity index is 559. The number of anilines is 2. The lowest BCUT2D eigenvalue weighted by molar-refractivity contribution is 0.102. The van der Waals surface area contributed by atoms with E-state index >= 15 is 0 Å². The molecular weight excluding hydrogens is 248 g/mol. The van der Waals surface area contributed by atoms with E-state index in [9.17, 15) is 4.79 Å². The zero-order valence-corrected chi connectivity index (χ0v) is 10.7. The lowest BCUT2D eigenvalue weighted by Gasteiger charge is -2.10. The first kappa shape index (κ1) is 12.5. The molecule has 0 unspecified atom stereocenters. The van der Waals surface area contributed by atoms with Crippen LogP contribution in [-0.2, 0) is 0 Å². The minimum absolute atomic E-state index is 0.215. The summed E-state index contributed by atoms with van der Waals surface area (Å²) in [5, 5.41) is 3.42. The normalized spacial score (nSPS) is 10.1. The summed E-state index contributed by atoms with van der Waals surface area (Å²) in [5.41, 5.74) is 8.33. The van der Waals surface area contributed by atoms with E-state index in [0.717, 1.165) is 5.56 Å². The molecule has 0 aromatic heterocycles. The number of rotatable bonds is 2. The monoisotopic (exact) mass is 260 g/mol. The number of carbonyl (C=O) groups excluding carboxylic acids is 1. The van der Waals surface area contributed by atoms with Crippen molar-refractivity contribution in [1.82, 2.24) is 0 Å². The topological polar surface area (TPSA) is 55.1 Å². The Labute approximate surface area is 111 Å². The Hall–Kier alpha value is -2.00. The van der Waals surface area contributed by atoms with Crippen LogP contribution in [0.5, 0.6) is 0 Å². The van der Waals surface area contributed by atoms with Crippen LogP contribution in [0.4, 0.5) is 11.4 Å². The zero-order valence-electron chi connectivity index (χ0n) is 9.91. The molecule has 2 aromatic carbocycles. The minimum atomic E-state index is -0.215. The van der Waals surface area contributed by atoms with Gasteiger partial charge < -0.3 is 11.1 Å². The van der Waals surface area contributed by atoms with Crippen molar-refractivity contribution in [1.29, 1.82) is 0 Å². The van der Waals surface area contributed by atoms with Gasteiger partial charge in [-0.1, -0.05) is 23.7 Å². The van der Waals surface area contributed by atoms with Gasteiger partial charge in [0, 0.05) is 16.4 Å². The van der Waals surface area contributed by atoms with Crippen LogP contribution in [-0.4, -0.2) is 5.91 Å². The van der Waals surface area contributed by atoms with E-state index < -0.39 is 0 Å². The molecule has 0 aliphatic rings. The van der Waals surface area contributed by atoms with Crippen molar-refractivity contribution in [2.75, 3.05) is 11.1 Å². The van der Waals surface area contributed by atoms with Crippen LogP contribution in [0.25, 0.3) is 0 Å². The molecule has 2 rings (SSSR count). The molecule has 92 valence electrons. The van der Waals surface area contributed by atoms with Crippen LogP contribution >= 0.6 is 11.6 Å². The smallest absolute Gasteiger partial charge is 0.258 e. The van der Waals surface area contributed by atoms with Crippen LogP contribution in [0, 0.1) is 6.92 Å². The summed E-state index contributed by atoms with van der Waals surface area (Å²) in [6, 6.07) is 12.3.